The first-order valence-corrected chi connectivity index (χ1v) is 6.58. The van der Waals surface area contributed by atoms with Crippen LogP contribution in [-0.2, 0) is 17.9 Å². The summed E-state index contributed by atoms with van der Waals surface area (Å²) < 4.78 is 11.0. The van der Waals surface area contributed by atoms with E-state index in [9.17, 15) is 0 Å². The van der Waals surface area contributed by atoms with Gasteiger partial charge < -0.3 is 15.0 Å². The maximum absolute atomic E-state index is 5.88. The third-order valence-electron chi connectivity index (χ3n) is 3.59. The van der Waals surface area contributed by atoms with E-state index in [1.54, 1.807) is 0 Å². The second-order valence-corrected chi connectivity index (χ2v) is 4.86. The zero-order valence-corrected chi connectivity index (χ0v) is 10.5. The Morgan fingerprint density at radius 2 is 2.41 bits per heavy atom. The Labute approximate surface area is 102 Å². The maximum atomic E-state index is 5.88. The highest BCUT2D eigenvalue weighted by molar-refractivity contribution is 5.03. The molecule has 1 fully saturated rings. The molecule has 0 radical (unpaired) electrons. The van der Waals surface area contributed by atoms with Gasteiger partial charge in [0.2, 0.25) is 0 Å². The topological polar surface area (TPSA) is 61.3 Å². The lowest BCUT2D eigenvalue weighted by molar-refractivity contribution is -0.00711. The lowest BCUT2D eigenvalue weighted by Crippen LogP contribution is -2.22. The summed E-state index contributed by atoms with van der Waals surface area (Å²) in [4.78, 5) is 0. The standard InChI is InChI=1S/C13H22N2O2/c1-2-10-4-3-5-12(6-10)16-9-13-7-11(8-14)15-17-13/h7,10,12H,2-6,8-9,14H2,1H3. The molecule has 4 heteroatoms. The lowest BCUT2D eigenvalue weighted by atomic mass is 9.85. The van der Waals surface area contributed by atoms with Crippen LogP contribution in [-0.4, -0.2) is 11.3 Å². The minimum Gasteiger partial charge on any atom is -0.370 e. The molecular weight excluding hydrogens is 216 g/mol. The Morgan fingerprint density at radius 1 is 1.53 bits per heavy atom. The van der Waals surface area contributed by atoms with Crippen molar-refractivity contribution in [2.24, 2.45) is 11.7 Å². The first-order chi connectivity index (χ1) is 8.31. The quantitative estimate of drug-likeness (QED) is 0.856. The van der Waals surface area contributed by atoms with Crippen LogP contribution in [0.4, 0.5) is 0 Å². The van der Waals surface area contributed by atoms with Crippen LogP contribution in [0, 0.1) is 5.92 Å². The second-order valence-electron chi connectivity index (χ2n) is 4.86. The minimum atomic E-state index is 0.389. The Morgan fingerprint density at radius 3 is 3.12 bits per heavy atom. The Balaban J connectivity index is 1.77. The van der Waals surface area contributed by atoms with E-state index < -0.39 is 0 Å². The SMILES string of the molecule is CCC1CCCC(OCc2cc(CN)no2)C1. The minimum absolute atomic E-state index is 0.389. The Bertz CT molecular complexity index is 338. The van der Waals surface area contributed by atoms with Crippen LogP contribution in [0.15, 0.2) is 10.6 Å². The molecule has 2 rings (SSSR count). The third kappa shape index (κ3) is 3.54. The van der Waals surface area contributed by atoms with Crippen molar-refractivity contribution in [3.8, 4) is 0 Å². The van der Waals surface area contributed by atoms with Crippen molar-refractivity contribution in [2.75, 3.05) is 0 Å². The van der Waals surface area contributed by atoms with Gasteiger partial charge in [-0.05, 0) is 18.8 Å². The number of nitrogens with two attached hydrogens (primary N) is 1. The molecule has 0 aliphatic heterocycles. The molecule has 0 spiro atoms. The van der Waals surface area contributed by atoms with Gasteiger partial charge in [-0.3, -0.25) is 0 Å². The normalized spacial score (nSPS) is 25.1. The summed E-state index contributed by atoms with van der Waals surface area (Å²) in [6.07, 6.45) is 6.66. The molecule has 0 amide bonds. The monoisotopic (exact) mass is 238 g/mol. The van der Waals surface area contributed by atoms with E-state index in [1.165, 1.54) is 32.1 Å². The van der Waals surface area contributed by atoms with Crippen molar-refractivity contribution in [3.05, 3.63) is 17.5 Å². The molecule has 1 aliphatic carbocycles. The number of aromatic nitrogens is 1. The zero-order chi connectivity index (χ0) is 12.1. The molecule has 2 N–H and O–H groups in total. The van der Waals surface area contributed by atoms with Crippen LogP contribution in [0.3, 0.4) is 0 Å². The summed E-state index contributed by atoms with van der Waals surface area (Å²) in [6, 6.07) is 1.88. The average molecular weight is 238 g/mol. The van der Waals surface area contributed by atoms with E-state index in [4.69, 9.17) is 15.0 Å². The van der Waals surface area contributed by atoms with Gasteiger partial charge in [0, 0.05) is 12.6 Å². The fraction of sp³-hybridized carbons (Fsp3) is 0.769. The highest BCUT2D eigenvalue weighted by atomic mass is 16.5. The van der Waals surface area contributed by atoms with Crippen molar-refractivity contribution in [3.63, 3.8) is 0 Å². The average Bonchev–Trinajstić information content (AvgIpc) is 2.84. The van der Waals surface area contributed by atoms with Gasteiger partial charge in [-0.1, -0.05) is 31.3 Å². The van der Waals surface area contributed by atoms with Gasteiger partial charge in [-0.15, -0.1) is 0 Å². The van der Waals surface area contributed by atoms with Gasteiger partial charge in [0.1, 0.15) is 6.61 Å². The molecule has 2 unspecified atom stereocenters. The van der Waals surface area contributed by atoms with E-state index in [0.717, 1.165) is 17.4 Å². The van der Waals surface area contributed by atoms with Crippen LogP contribution in [0.5, 0.6) is 0 Å². The van der Waals surface area contributed by atoms with Crippen LogP contribution in [0.25, 0.3) is 0 Å². The number of rotatable bonds is 5. The fourth-order valence-corrected chi connectivity index (χ4v) is 2.48. The molecule has 0 aromatic carbocycles. The molecule has 0 bridgehead atoms. The van der Waals surface area contributed by atoms with Crippen LogP contribution >= 0.6 is 0 Å². The summed E-state index contributed by atoms with van der Waals surface area (Å²) in [7, 11) is 0. The van der Waals surface area contributed by atoms with E-state index >= 15 is 0 Å². The predicted molar refractivity (Wildman–Crippen MR) is 65.2 cm³/mol. The summed E-state index contributed by atoms with van der Waals surface area (Å²) in [5.74, 6) is 1.62. The van der Waals surface area contributed by atoms with Crippen molar-refractivity contribution in [1.29, 1.82) is 0 Å². The lowest BCUT2D eigenvalue weighted by Gasteiger charge is -2.28. The summed E-state index contributed by atoms with van der Waals surface area (Å²) in [5.41, 5.74) is 6.27. The van der Waals surface area contributed by atoms with Gasteiger partial charge in [-0.2, -0.15) is 0 Å². The van der Waals surface area contributed by atoms with Crippen LogP contribution < -0.4 is 5.73 Å². The van der Waals surface area contributed by atoms with E-state index in [-0.39, 0.29) is 0 Å². The number of ether oxygens (including phenoxy) is 1. The molecule has 1 aromatic rings. The molecule has 96 valence electrons. The van der Waals surface area contributed by atoms with Crippen molar-refractivity contribution < 1.29 is 9.26 Å². The van der Waals surface area contributed by atoms with E-state index in [1.807, 2.05) is 6.07 Å². The van der Waals surface area contributed by atoms with Crippen LogP contribution in [0.1, 0.15) is 50.5 Å². The van der Waals surface area contributed by atoms with Gasteiger partial charge in [0.25, 0.3) is 0 Å². The van der Waals surface area contributed by atoms with Gasteiger partial charge in [0.15, 0.2) is 5.76 Å². The highest BCUT2D eigenvalue weighted by Crippen LogP contribution is 2.28. The summed E-state index contributed by atoms with van der Waals surface area (Å²) >= 11 is 0. The molecule has 1 heterocycles. The molecule has 4 nitrogen and oxygen atoms in total. The largest absolute Gasteiger partial charge is 0.370 e. The van der Waals surface area contributed by atoms with Crippen LogP contribution in [0.2, 0.25) is 0 Å². The number of hydrogen-bond donors (Lipinski definition) is 1. The summed E-state index contributed by atoms with van der Waals surface area (Å²) in [6.45, 7) is 3.20. The molecule has 1 aliphatic rings. The van der Waals surface area contributed by atoms with Gasteiger partial charge in [-0.25, -0.2) is 0 Å². The van der Waals surface area contributed by atoms with Crippen molar-refractivity contribution in [1.82, 2.24) is 5.16 Å². The molecular formula is C13H22N2O2. The van der Waals surface area contributed by atoms with E-state index in [2.05, 4.69) is 12.1 Å². The predicted octanol–water partition coefficient (Wildman–Crippen LogP) is 2.62. The molecule has 0 saturated heterocycles. The maximum Gasteiger partial charge on any atom is 0.162 e. The smallest absolute Gasteiger partial charge is 0.162 e. The highest BCUT2D eigenvalue weighted by Gasteiger charge is 2.21. The van der Waals surface area contributed by atoms with E-state index in [0.29, 0.717) is 19.3 Å². The summed E-state index contributed by atoms with van der Waals surface area (Å²) in [5, 5.41) is 3.85. The van der Waals surface area contributed by atoms with Crippen molar-refractivity contribution in [2.45, 2.75) is 58.3 Å². The number of hydrogen-bond acceptors (Lipinski definition) is 4. The second kappa shape index (κ2) is 6.17. The Kier molecular flexibility index (Phi) is 4.57. The first-order valence-electron chi connectivity index (χ1n) is 6.58. The molecule has 1 saturated carbocycles. The first kappa shape index (κ1) is 12.6. The number of nitrogens with zero attached hydrogens (tertiary/aromatic N) is 1. The third-order valence-corrected chi connectivity index (χ3v) is 3.59. The Hall–Kier alpha value is -0.870. The molecule has 17 heavy (non-hydrogen) atoms. The zero-order valence-electron chi connectivity index (χ0n) is 10.5. The van der Waals surface area contributed by atoms with Gasteiger partial charge >= 0.3 is 0 Å². The van der Waals surface area contributed by atoms with Crippen molar-refractivity contribution >= 4 is 0 Å². The molecule has 1 aromatic heterocycles. The fourth-order valence-electron chi connectivity index (χ4n) is 2.48. The molecule has 2 atom stereocenters. The van der Waals surface area contributed by atoms with Gasteiger partial charge in [0.05, 0.1) is 11.8 Å².